The van der Waals surface area contributed by atoms with Crippen LogP contribution in [0, 0.1) is 0 Å². The average Bonchev–Trinajstić information content (AvgIpc) is 2.81. The van der Waals surface area contributed by atoms with Gasteiger partial charge in [-0.1, -0.05) is 18.2 Å². The van der Waals surface area contributed by atoms with Crippen LogP contribution in [0.4, 0.5) is 5.82 Å². The van der Waals surface area contributed by atoms with E-state index >= 15 is 0 Å². The number of piperazine rings is 1. The maximum atomic E-state index is 13.2. The molecule has 0 radical (unpaired) electrons. The molecule has 2 amide bonds. The third-order valence-electron chi connectivity index (χ3n) is 5.61. The molecule has 9 heteroatoms. The number of hydrogen-bond donors (Lipinski definition) is 2. The molecular weight excluding hydrogens is 422 g/mol. The minimum Gasteiger partial charge on any atom is -0.508 e. The van der Waals surface area contributed by atoms with Gasteiger partial charge >= 0.3 is 0 Å². The molecule has 9 nitrogen and oxygen atoms in total. The van der Waals surface area contributed by atoms with Crippen molar-refractivity contribution in [2.45, 2.75) is 12.6 Å². The Kier molecular flexibility index (Phi) is 6.50. The first kappa shape index (κ1) is 22.2. The van der Waals surface area contributed by atoms with E-state index in [1.807, 2.05) is 18.2 Å². The number of fused-ring (bicyclic) bond motifs is 1. The highest BCUT2D eigenvalue weighted by Gasteiger charge is 2.36. The highest BCUT2D eigenvalue weighted by atomic mass is 16.5. The topological polar surface area (TPSA) is 122 Å². The lowest BCUT2D eigenvalue weighted by Gasteiger charge is -2.40. The molecule has 3 aromatic rings. The van der Waals surface area contributed by atoms with E-state index in [1.165, 1.54) is 24.4 Å². The normalized spacial score (nSPS) is 16.6. The van der Waals surface area contributed by atoms with E-state index in [0.29, 0.717) is 31.0 Å². The summed E-state index contributed by atoms with van der Waals surface area (Å²) in [6.45, 7) is 1.29. The Balaban J connectivity index is 1.48. The van der Waals surface area contributed by atoms with Crippen LogP contribution in [0.2, 0.25) is 0 Å². The predicted molar refractivity (Wildman–Crippen MR) is 124 cm³/mol. The van der Waals surface area contributed by atoms with Gasteiger partial charge in [-0.15, -0.1) is 0 Å². The Labute approximate surface area is 191 Å². The van der Waals surface area contributed by atoms with Gasteiger partial charge in [-0.3, -0.25) is 9.59 Å². The molecule has 2 aromatic carbocycles. The highest BCUT2D eigenvalue weighted by molar-refractivity contribution is 5.96. The number of nitrogen functional groups attached to an aromatic ring is 1. The first-order valence-electron chi connectivity index (χ1n) is 10.5. The Hall–Kier alpha value is -3.98. The van der Waals surface area contributed by atoms with Gasteiger partial charge in [0.15, 0.2) is 0 Å². The average molecular weight is 447 g/mol. The zero-order valence-electron chi connectivity index (χ0n) is 18.2. The minimum absolute atomic E-state index is 0.107. The molecule has 1 saturated heterocycles. The molecule has 1 fully saturated rings. The number of carbonyl (C=O) groups is 2. The van der Waals surface area contributed by atoms with Crippen molar-refractivity contribution in [1.82, 2.24) is 19.8 Å². The van der Waals surface area contributed by atoms with Gasteiger partial charge in [0.1, 0.15) is 23.9 Å². The number of phenols is 1. The molecule has 0 unspecified atom stereocenters. The molecule has 2 heterocycles. The molecular formula is C24H25N5O4. The summed E-state index contributed by atoms with van der Waals surface area (Å²) in [6, 6.07) is 11.4. The largest absolute Gasteiger partial charge is 0.508 e. The van der Waals surface area contributed by atoms with Crippen LogP contribution in [0.15, 0.2) is 54.9 Å². The first-order valence-corrected chi connectivity index (χ1v) is 10.5. The fourth-order valence-corrected chi connectivity index (χ4v) is 3.87. The number of aromatic hydroxyl groups is 1. The van der Waals surface area contributed by atoms with Crippen LogP contribution in [0.25, 0.3) is 17.0 Å². The molecule has 1 atom stereocenters. The third kappa shape index (κ3) is 4.93. The van der Waals surface area contributed by atoms with Crippen molar-refractivity contribution in [3.63, 3.8) is 0 Å². The van der Waals surface area contributed by atoms with Gasteiger partial charge in [0.05, 0.1) is 12.1 Å². The number of nitrogens with two attached hydrogens (primary N) is 1. The second-order valence-electron chi connectivity index (χ2n) is 7.80. The van der Waals surface area contributed by atoms with Crippen molar-refractivity contribution in [2.75, 3.05) is 32.5 Å². The van der Waals surface area contributed by atoms with E-state index in [9.17, 15) is 14.7 Å². The number of rotatable bonds is 6. The smallest absolute Gasteiger partial charge is 0.248 e. The quantitative estimate of drug-likeness (QED) is 0.553. The maximum Gasteiger partial charge on any atom is 0.248 e. The molecule has 1 aliphatic heterocycles. The molecule has 0 saturated carbocycles. The zero-order valence-corrected chi connectivity index (χ0v) is 18.2. The summed E-state index contributed by atoms with van der Waals surface area (Å²) in [5, 5.41) is 10.2. The number of methoxy groups -OCH3 is 1. The molecule has 0 bridgehead atoms. The monoisotopic (exact) mass is 447 g/mol. The summed E-state index contributed by atoms with van der Waals surface area (Å²) in [4.78, 5) is 37.6. The molecule has 0 aliphatic carbocycles. The lowest BCUT2D eigenvalue weighted by Crippen LogP contribution is -2.59. The molecule has 0 spiro atoms. The van der Waals surface area contributed by atoms with Crippen molar-refractivity contribution in [3.05, 3.63) is 66.0 Å². The molecule has 33 heavy (non-hydrogen) atoms. The molecule has 3 N–H and O–H groups in total. The highest BCUT2D eigenvalue weighted by Crippen LogP contribution is 2.21. The van der Waals surface area contributed by atoms with Crippen LogP contribution >= 0.6 is 0 Å². The van der Waals surface area contributed by atoms with Gasteiger partial charge in [0.25, 0.3) is 0 Å². The van der Waals surface area contributed by atoms with Crippen LogP contribution < -0.4 is 5.73 Å². The van der Waals surface area contributed by atoms with Crippen molar-refractivity contribution in [2.24, 2.45) is 0 Å². The number of nitrogens with zero attached hydrogens (tertiary/aromatic N) is 4. The zero-order chi connectivity index (χ0) is 23.4. The van der Waals surface area contributed by atoms with Gasteiger partial charge in [-0.05, 0) is 41.5 Å². The van der Waals surface area contributed by atoms with Crippen LogP contribution in [-0.2, 0) is 20.9 Å². The van der Waals surface area contributed by atoms with E-state index in [0.717, 1.165) is 16.5 Å². The molecule has 1 aromatic heterocycles. The summed E-state index contributed by atoms with van der Waals surface area (Å²) >= 11 is 0. The van der Waals surface area contributed by atoms with Crippen LogP contribution in [-0.4, -0.2) is 69.5 Å². The number of aromatic nitrogens is 2. The van der Waals surface area contributed by atoms with Gasteiger partial charge in [0.2, 0.25) is 11.8 Å². The van der Waals surface area contributed by atoms with E-state index in [2.05, 4.69) is 9.97 Å². The third-order valence-corrected chi connectivity index (χ3v) is 5.61. The van der Waals surface area contributed by atoms with Crippen molar-refractivity contribution >= 4 is 34.6 Å². The number of hydrogen-bond acceptors (Lipinski definition) is 7. The summed E-state index contributed by atoms with van der Waals surface area (Å²) in [5.41, 5.74) is 8.30. The number of phenolic OH excluding ortho intramolecular Hbond substituents is 1. The number of amides is 2. The van der Waals surface area contributed by atoms with Gasteiger partial charge in [-0.2, -0.15) is 0 Å². The van der Waals surface area contributed by atoms with E-state index in [-0.39, 0.29) is 24.2 Å². The molecule has 4 rings (SSSR count). The number of anilines is 1. The minimum atomic E-state index is -0.709. The van der Waals surface area contributed by atoms with Crippen molar-refractivity contribution in [3.8, 4) is 5.75 Å². The first-order chi connectivity index (χ1) is 16.0. The summed E-state index contributed by atoms with van der Waals surface area (Å²) in [5.74, 6) is 0.130. The van der Waals surface area contributed by atoms with Gasteiger partial charge < -0.3 is 25.4 Å². The predicted octanol–water partition coefficient (Wildman–Crippen LogP) is 1.82. The van der Waals surface area contributed by atoms with Crippen LogP contribution in [0.5, 0.6) is 5.75 Å². The Morgan fingerprint density at radius 3 is 2.76 bits per heavy atom. The Bertz CT molecular complexity index is 1200. The van der Waals surface area contributed by atoms with Crippen LogP contribution in [0.3, 0.4) is 0 Å². The Morgan fingerprint density at radius 1 is 1.21 bits per heavy atom. The number of benzene rings is 2. The van der Waals surface area contributed by atoms with Crippen molar-refractivity contribution in [1.29, 1.82) is 0 Å². The molecule has 1 aliphatic rings. The van der Waals surface area contributed by atoms with E-state index < -0.39 is 6.04 Å². The number of ether oxygens (including phenoxy) is 1. The standard InChI is InChI=1S/C24H25N5O4/c1-33-14-21-24(32)28(13-17-4-8-19-20(12-17)26-15-27-23(19)25)10-11-29(21)22(31)9-5-16-2-6-18(30)7-3-16/h2-9,12,15,21,30H,10-11,13-14H2,1H3,(H2,25,26,27)/t21-/m0/s1. The number of carbonyl (C=O) groups excluding carboxylic acids is 2. The Morgan fingerprint density at radius 2 is 2.00 bits per heavy atom. The fourth-order valence-electron chi connectivity index (χ4n) is 3.87. The van der Waals surface area contributed by atoms with Crippen LogP contribution in [0.1, 0.15) is 11.1 Å². The van der Waals surface area contributed by atoms with Crippen molar-refractivity contribution < 1.29 is 19.4 Å². The SMILES string of the molecule is COC[C@H]1C(=O)N(Cc2ccc3c(N)ncnc3c2)CCN1C(=O)C=Cc1ccc(O)cc1. The second kappa shape index (κ2) is 9.66. The van der Waals surface area contributed by atoms with Gasteiger partial charge in [0, 0.05) is 38.2 Å². The van der Waals surface area contributed by atoms with Gasteiger partial charge in [-0.25, -0.2) is 9.97 Å². The summed E-state index contributed by atoms with van der Waals surface area (Å²) in [6.07, 6.45) is 4.51. The molecule has 170 valence electrons. The fraction of sp³-hybridized carbons (Fsp3) is 0.250. The summed E-state index contributed by atoms with van der Waals surface area (Å²) < 4.78 is 5.25. The second-order valence-corrected chi connectivity index (χ2v) is 7.80. The van der Waals surface area contributed by atoms with E-state index in [4.69, 9.17) is 10.5 Å². The van der Waals surface area contributed by atoms with E-state index in [1.54, 1.807) is 35.2 Å². The lowest BCUT2D eigenvalue weighted by atomic mass is 10.1. The summed E-state index contributed by atoms with van der Waals surface area (Å²) in [7, 11) is 1.51. The maximum absolute atomic E-state index is 13.2. The lowest BCUT2D eigenvalue weighted by molar-refractivity contribution is -0.152.